The fraction of sp³-hybridized carbons (Fsp3) is 0.364. The van der Waals surface area contributed by atoms with E-state index >= 15 is 0 Å². The highest BCUT2D eigenvalue weighted by Crippen LogP contribution is 2.23. The number of thiazole rings is 1. The minimum Gasteiger partial charge on any atom is -0.317 e. The lowest BCUT2D eigenvalue weighted by molar-refractivity contribution is -0.117. The number of nitrogens with zero attached hydrogens (tertiary/aromatic N) is 2. The molecule has 0 aliphatic heterocycles. The van der Waals surface area contributed by atoms with Crippen LogP contribution in [-0.4, -0.2) is 10.5 Å². The molecular formula is C22H26N2OS. The van der Waals surface area contributed by atoms with Crippen LogP contribution in [0.3, 0.4) is 0 Å². The molecule has 0 spiro atoms. The van der Waals surface area contributed by atoms with Crippen molar-refractivity contribution in [2.24, 2.45) is 4.99 Å². The number of carbonyl (C=O) groups is 1. The van der Waals surface area contributed by atoms with Gasteiger partial charge >= 0.3 is 0 Å². The third-order valence-electron chi connectivity index (χ3n) is 4.65. The summed E-state index contributed by atoms with van der Waals surface area (Å²) in [6.07, 6.45) is 0.342. The molecule has 0 bridgehead atoms. The molecule has 3 aromatic rings. The molecule has 136 valence electrons. The second kappa shape index (κ2) is 7.58. The van der Waals surface area contributed by atoms with Gasteiger partial charge in [-0.05, 0) is 55.0 Å². The van der Waals surface area contributed by atoms with Gasteiger partial charge in [0.1, 0.15) is 0 Å². The molecule has 0 fully saturated rings. The molecular weight excluding hydrogens is 340 g/mol. The molecule has 2 aromatic carbocycles. The topological polar surface area (TPSA) is 34.4 Å². The molecule has 0 aliphatic carbocycles. The number of rotatable bonds is 4. The SMILES string of the molecule is CCn1c(=NC(=O)Cc2ccc(C(C)C)cc2)sc2c(C)cc(C)cc21. The quantitative estimate of drug-likeness (QED) is 0.630. The van der Waals surface area contributed by atoms with Crippen LogP contribution in [-0.2, 0) is 17.8 Å². The fourth-order valence-electron chi connectivity index (χ4n) is 3.24. The van der Waals surface area contributed by atoms with Gasteiger partial charge in [-0.1, -0.05) is 55.5 Å². The number of aryl methyl sites for hydroxylation is 3. The highest BCUT2D eigenvalue weighted by Gasteiger charge is 2.10. The van der Waals surface area contributed by atoms with Gasteiger partial charge in [-0.15, -0.1) is 0 Å². The largest absolute Gasteiger partial charge is 0.317 e. The summed E-state index contributed by atoms with van der Waals surface area (Å²) in [7, 11) is 0. The Morgan fingerprint density at radius 3 is 2.46 bits per heavy atom. The van der Waals surface area contributed by atoms with Crippen molar-refractivity contribution in [1.29, 1.82) is 0 Å². The third-order valence-corrected chi connectivity index (χ3v) is 5.88. The van der Waals surface area contributed by atoms with Crippen LogP contribution >= 0.6 is 11.3 Å². The number of carbonyl (C=O) groups excluding carboxylic acids is 1. The van der Waals surface area contributed by atoms with E-state index in [1.165, 1.54) is 26.9 Å². The van der Waals surface area contributed by atoms with E-state index in [2.05, 4.69) is 68.4 Å². The lowest BCUT2D eigenvalue weighted by Gasteiger charge is -2.05. The van der Waals surface area contributed by atoms with Crippen molar-refractivity contribution in [1.82, 2.24) is 4.57 Å². The molecule has 0 atom stereocenters. The summed E-state index contributed by atoms with van der Waals surface area (Å²) < 4.78 is 3.35. The standard InChI is InChI=1S/C22H26N2OS/c1-6-24-19-12-15(4)11-16(5)21(19)26-22(24)23-20(25)13-17-7-9-18(10-8-17)14(2)3/h7-12,14H,6,13H2,1-5H3. The van der Waals surface area contributed by atoms with Gasteiger partial charge < -0.3 is 4.57 Å². The summed E-state index contributed by atoms with van der Waals surface area (Å²) in [6, 6.07) is 12.6. The number of amides is 1. The lowest BCUT2D eigenvalue weighted by atomic mass is 10.0. The van der Waals surface area contributed by atoms with Crippen LogP contribution in [0, 0.1) is 13.8 Å². The van der Waals surface area contributed by atoms with E-state index < -0.39 is 0 Å². The van der Waals surface area contributed by atoms with E-state index in [4.69, 9.17) is 0 Å². The summed E-state index contributed by atoms with van der Waals surface area (Å²) >= 11 is 1.60. The summed E-state index contributed by atoms with van der Waals surface area (Å²) in [5.74, 6) is 0.406. The summed E-state index contributed by atoms with van der Waals surface area (Å²) in [5, 5.41) is 0. The van der Waals surface area contributed by atoms with Crippen molar-refractivity contribution in [2.75, 3.05) is 0 Å². The first-order valence-electron chi connectivity index (χ1n) is 9.16. The molecule has 3 nitrogen and oxygen atoms in total. The Hall–Kier alpha value is -2.20. The van der Waals surface area contributed by atoms with Crippen molar-refractivity contribution in [3.63, 3.8) is 0 Å². The van der Waals surface area contributed by atoms with Gasteiger partial charge in [0.2, 0.25) is 0 Å². The predicted octanol–water partition coefficient (Wildman–Crippen LogP) is 5.13. The van der Waals surface area contributed by atoms with Gasteiger partial charge in [0, 0.05) is 6.54 Å². The highest BCUT2D eigenvalue weighted by molar-refractivity contribution is 7.16. The van der Waals surface area contributed by atoms with Crippen molar-refractivity contribution < 1.29 is 4.79 Å². The molecule has 3 rings (SSSR count). The fourth-order valence-corrected chi connectivity index (χ4v) is 4.41. The van der Waals surface area contributed by atoms with Crippen molar-refractivity contribution in [3.8, 4) is 0 Å². The van der Waals surface area contributed by atoms with E-state index in [1.807, 2.05) is 12.1 Å². The minimum atomic E-state index is -0.0922. The van der Waals surface area contributed by atoms with Gasteiger partial charge in [-0.2, -0.15) is 4.99 Å². The Balaban J connectivity index is 1.93. The highest BCUT2D eigenvalue weighted by atomic mass is 32.1. The Bertz CT molecular complexity index is 1010. The van der Waals surface area contributed by atoms with Crippen LogP contribution in [0.25, 0.3) is 10.2 Å². The van der Waals surface area contributed by atoms with Crippen LogP contribution in [0.15, 0.2) is 41.4 Å². The summed E-state index contributed by atoms with van der Waals surface area (Å²) in [5.41, 5.74) is 5.95. The molecule has 1 heterocycles. The second-order valence-electron chi connectivity index (χ2n) is 7.14. The van der Waals surface area contributed by atoms with Crippen LogP contribution in [0.4, 0.5) is 0 Å². The molecule has 1 amide bonds. The second-order valence-corrected chi connectivity index (χ2v) is 8.12. The molecule has 0 unspecified atom stereocenters. The number of benzene rings is 2. The monoisotopic (exact) mass is 366 g/mol. The van der Waals surface area contributed by atoms with E-state index in [9.17, 15) is 4.79 Å². The van der Waals surface area contributed by atoms with Gasteiger partial charge in [-0.3, -0.25) is 4.79 Å². The molecule has 26 heavy (non-hydrogen) atoms. The minimum absolute atomic E-state index is 0.0922. The Morgan fingerprint density at radius 2 is 1.85 bits per heavy atom. The zero-order valence-corrected chi connectivity index (χ0v) is 17.0. The van der Waals surface area contributed by atoms with E-state index in [1.54, 1.807) is 11.3 Å². The molecule has 0 aliphatic rings. The van der Waals surface area contributed by atoms with Crippen LogP contribution in [0.1, 0.15) is 48.9 Å². The molecule has 0 saturated heterocycles. The molecule has 0 saturated carbocycles. The Kier molecular flexibility index (Phi) is 5.42. The van der Waals surface area contributed by atoms with Gasteiger partial charge in [-0.25, -0.2) is 0 Å². The molecule has 4 heteroatoms. The van der Waals surface area contributed by atoms with Crippen LogP contribution in [0.5, 0.6) is 0 Å². The molecule has 1 aromatic heterocycles. The average Bonchev–Trinajstić information content (AvgIpc) is 2.92. The van der Waals surface area contributed by atoms with Crippen molar-refractivity contribution in [2.45, 2.75) is 53.5 Å². The maximum absolute atomic E-state index is 12.5. The van der Waals surface area contributed by atoms with Gasteiger partial charge in [0.25, 0.3) is 5.91 Å². The van der Waals surface area contributed by atoms with Crippen LogP contribution in [0.2, 0.25) is 0 Å². The average molecular weight is 367 g/mol. The first-order chi connectivity index (χ1) is 12.4. The first kappa shape index (κ1) is 18.6. The Labute approximate surface area is 159 Å². The zero-order valence-electron chi connectivity index (χ0n) is 16.2. The van der Waals surface area contributed by atoms with Gasteiger partial charge in [0.15, 0.2) is 4.80 Å². The normalized spacial score (nSPS) is 12.3. The number of aromatic nitrogens is 1. The summed E-state index contributed by atoms with van der Waals surface area (Å²) in [4.78, 5) is 17.7. The lowest BCUT2D eigenvalue weighted by Crippen LogP contribution is -2.16. The smallest absolute Gasteiger partial charge is 0.252 e. The Morgan fingerprint density at radius 1 is 1.15 bits per heavy atom. The predicted molar refractivity (Wildman–Crippen MR) is 110 cm³/mol. The van der Waals surface area contributed by atoms with Crippen LogP contribution < -0.4 is 4.80 Å². The van der Waals surface area contributed by atoms with Gasteiger partial charge in [0.05, 0.1) is 16.6 Å². The van der Waals surface area contributed by atoms with Crippen molar-refractivity contribution in [3.05, 3.63) is 63.5 Å². The van der Waals surface area contributed by atoms with Crippen molar-refractivity contribution >= 4 is 27.5 Å². The summed E-state index contributed by atoms with van der Waals surface area (Å²) in [6.45, 7) is 11.5. The number of hydrogen-bond acceptors (Lipinski definition) is 2. The molecule has 0 radical (unpaired) electrons. The number of fused-ring (bicyclic) bond motifs is 1. The van der Waals surface area contributed by atoms with E-state index in [-0.39, 0.29) is 5.91 Å². The number of hydrogen-bond donors (Lipinski definition) is 0. The maximum Gasteiger partial charge on any atom is 0.252 e. The van der Waals surface area contributed by atoms with E-state index in [0.29, 0.717) is 12.3 Å². The third kappa shape index (κ3) is 3.80. The molecule has 0 N–H and O–H groups in total. The zero-order chi connectivity index (χ0) is 18.8. The first-order valence-corrected chi connectivity index (χ1v) is 9.97. The van der Waals surface area contributed by atoms with E-state index in [0.717, 1.165) is 16.9 Å². The maximum atomic E-state index is 12.5.